The van der Waals surface area contributed by atoms with Gasteiger partial charge in [0.2, 0.25) is 0 Å². The summed E-state index contributed by atoms with van der Waals surface area (Å²) in [4.78, 5) is 22.9. The molecule has 1 rings (SSSR count). The molecule has 1 fully saturated rings. The van der Waals surface area contributed by atoms with Crippen LogP contribution in [0, 0.1) is 0 Å². The first-order valence-corrected chi connectivity index (χ1v) is 6.64. The lowest BCUT2D eigenvalue weighted by Crippen LogP contribution is -2.14. The van der Waals surface area contributed by atoms with E-state index < -0.39 is 5.97 Å². The molecule has 1 saturated heterocycles. The van der Waals surface area contributed by atoms with Gasteiger partial charge in [0.1, 0.15) is 5.57 Å². The Morgan fingerprint density at radius 3 is 2.60 bits per heavy atom. The van der Waals surface area contributed by atoms with Gasteiger partial charge < -0.3 is 4.74 Å². The number of hydrogen-bond acceptors (Lipinski definition) is 5. The van der Waals surface area contributed by atoms with Gasteiger partial charge in [0.05, 0.1) is 10.8 Å². The molecule has 0 bridgehead atoms. The van der Waals surface area contributed by atoms with E-state index in [-0.39, 0.29) is 11.4 Å². The highest BCUT2D eigenvalue weighted by molar-refractivity contribution is 8.25. The second-order valence-corrected chi connectivity index (χ2v) is 5.92. The molecule has 0 N–H and O–H groups in total. The normalized spacial score (nSPS) is 23.8. The zero-order valence-electron chi connectivity index (χ0n) is 9.03. The summed E-state index contributed by atoms with van der Waals surface area (Å²) in [6.45, 7) is 5.52. The third-order valence-corrected chi connectivity index (χ3v) is 4.77. The second kappa shape index (κ2) is 5.61. The van der Waals surface area contributed by atoms with E-state index >= 15 is 0 Å². The fourth-order valence-corrected chi connectivity index (χ4v) is 4.06. The molecule has 0 aromatic carbocycles. The number of rotatable bonds is 3. The zero-order valence-corrected chi connectivity index (χ0v) is 10.7. The van der Waals surface area contributed by atoms with Crippen molar-refractivity contribution in [3.05, 3.63) is 9.81 Å². The molecule has 1 aliphatic rings. The van der Waals surface area contributed by atoms with Gasteiger partial charge in [0.25, 0.3) is 0 Å². The molecule has 5 heteroatoms. The van der Waals surface area contributed by atoms with Gasteiger partial charge in [-0.05, 0) is 13.8 Å². The smallest absolute Gasteiger partial charge is 0.343 e. The van der Waals surface area contributed by atoms with Gasteiger partial charge in [0.15, 0.2) is 5.78 Å². The van der Waals surface area contributed by atoms with E-state index in [4.69, 9.17) is 4.74 Å². The van der Waals surface area contributed by atoms with Crippen LogP contribution in [-0.2, 0) is 14.3 Å². The van der Waals surface area contributed by atoms with E-state index in [2.05, 4.69) is 6.92 Å². The lowest BCUT2D eigenvalue weighted by molar-refractivity contribution is -0.139. The van der Waals surface area contributed by atoms with Crippen molar-refractivity contribution in [3.8, 4) is 0 Å². The molecule has 0 saturated carbocycles. The minimum Gasteiger partial charge on any atom is -0.462 e. The molecule has 84 valence electrons. The molecule has 15 heavy (non-hydrogen) atoms. The summed E-state index contributed by atoms with van der Waals surface area (Å²) in [7, 11) is 0. The van der Waals surface area contributed by atoms with E-state index in [1.54, 1.807) is 30.4 Å². The average molecular weight is 246 g/mol. The Kier molecular flexibility index (Phi) is 4.73. The maximum Gasteiger partial charge on any atom is 0.343 e. The maximum absolute atomic E-state index is 11.6. The fourth-order valence-electron chi connectivity index (χ4n) is 1.15. The lowest BCUT2D eigenvalue weighted by Gasteiger charge is -2.06. The third kappa shape index (κ3) is 3.28. The molecule has 1 heterocycles. The summed E-state index contributed by atoms with van der Waals surface area (Å²) in [6.07, 6.45) is 0. The Hall–Kier alpha value is -0.420. The molecule has 0 aromatic rings. The van der Waals surface area contributed by atoms with Crippen LogP contribution in [0.4, 0.5) is 0 Å². The molecular formula is C10H14O3S2. The van der Waals surface area contributed by atoms with Crippen molar-refractivity contribution in [1.29, 1.82) is 0 Å². The van der Waals surface area contributed by atoms with Gasteiger partial charge in [-0.15, -0.1) is 23.5 Å². The minimum absolute atomic E-state index is 0.211. The highest BCUT2D eigenvalue weighted by Gasteiger charge is 2.27. The first-order valence-electron chi connectivity index (χ1n) is 4.78. The number of hydrogen-bond donors (Lipinski definition) is 0. The van der Waals surface area contributed by atoms with E-state index in [0.29, 0.717) is 11.9 Å². The van der Waals surface area contributed by atoms with Crippen molar-refractivity contribution >= 4 is 35.3 Å². The molecule has 0 aliphatic carbocycles. The highest BCUT2D eigenvalue weighted by atomic mass is 32.2. The first-order chi connectivity index (χ1) is 7.06. The van der Waals surface area contributed by atoms with Gasteiger partial charge in [-0.1, -0.05) is 6.92 Å². The minimum atomic E-state index is -0.492. The molecule has 1 atom stereocenters. The number of carbonyl (C=O) groups excluding carboxylic acids is 2. The molecular weight excluding hydrogens is 232 g/mol. The average Bonchev–Trinajstić information content (AvgIpc) is 2.51. The third-order valence-electron chi connectivity index (χ3n) is 1.79. The number of esters is 1. The van der Waals surface area contributed by atoms with Crippen molar-refractivity contribution in [2.45, 2.75) is 26.0 Å². The molecule has 0 aromatic heterocycles. The van der Waals surface area contributed by atoms with E-state index in [9.17, 15) is 9.59 Å². The summed E-state index contributed by atoms with van der Waals surface area (Å²) in [6, 6.07) is 0. The van der Waals surface area contributed by atoms with Crippen LogP contribution >= 0.6 is 23.5 Å². The number of thioether (sulfide) groups is 2. The quantitative estimate of drug-likeness (QED) is 0.330. The molecule has 0 amide bonds. The standard InChI is InChI=1S/C10H14O3S2/c1-4-13-9(12)8(7(3)11)10-14-5-6(2)15-10/h6H,4-5H2,1-3H3/b10-8+. The second-order valence-electron chi connectivity index (χ2n) is 3.18. The molecule has 0 radical (unpaired) electrons. The summed E-state index contributed by atoms with van der Waals surface area (Å²) < 4.78 is 5.68. The van der Waals surface area contributed by atoms with Gasteiger partial charge in [-0.2, -0.15) is 0 Å². The van der Waals surface area contributed by atoms with Crippen molar-refractivity contribution < 1.29 is 14.3 Å². The Morgan fingerprint density at radius 2 is 2.20 bits per heavy atom. The lowest BCUT2D eigenvalue weighted by atomic mass is 10.2. The first kappa shape index (κ1) is 12.6. The van der Waals surface area contributed by atoms with E-state index in [1.807, 2.05) is 0 Å². The molecule has 3 nitrogen and oxygen atoms in total. The Balaban J connectivity index is 2.91. The number of carbonyl (C=O) groups is 2. The van der Waals surface area contributed by atoms with E-state index in [1.165, 1.54) is 6.92 Å². The van der Waals surface area contributed by atoms with Gasteiger partial charge >= 0.3 is 5.97 Å². The Labute approximate surface area is 98.0 Å². The summed E-state index contributed by atoms with van der Waals surface area (Å²) in [5, 5.41) is 0.453. The topological polar surface area (TPSA) is 43.4 Å². The van der Waals surface area contributed by atoms with Crippen LogP contribution in [0.25, 0.3) is 0 Å². The predicted octanol–water partition coefficient (Wildman–Crippen LogP) is 2.22. The number of ether oxygens (including phenoxy) is 1. The SMILES string of the molecule is CCOC(=O)/C(C(C)=O)=C1\SCC(C)S1. The van der Waals surface area contributed by atoms with Crippen molar-refractivity contribution in [3.63, 3.8) is 0 Å². The monoisotopic (exact) mass is 246 g/mol. The van der Waals surface area contributed by atoms with Crippen LogP contribution in [0.5, 0.6) is 0 Å². The predicted molar refractivity (Wildman–Crippen MR) is 63.9 cm³/mol. The molecule has 1 unspecified atom stereocenters. The van der Waals surface area contributed by atoms with Crippen LogP contribution in [0.3, 0.4) is 0 Å². The number of Topliss-reactive ketones (excluding diaryl/α,β-unsaturated/α-hetero) is 1. The van der Waals surface area contributed by atoms with Crippen LogP contribution in [-0.4, -0.2) is 29.4 Å². The fraction of sp³-hybridized carbons (Fsp3) is 0.600. The van der Waals surface area contributed by atoms with Crippen molar-refractivity contribution in [2.75, 3.05) is 12.4 Å². The van der Waals surface area contributed by atoms with Crippen LogP contribution in [0.2, 0.25) is 0 Å². The summed E-state index contributed by atoms with van der Waals surface area (Å²) in [5.41, 5.74) is 0.219. The van der Waals surface area contributed by atoms with E-state index in [0.717, 1.165) is 9.99 Å². The van der Waals surface area contributed by atoms with Gasteiger partial charge in [-0.25, -0.2) is 4.79 Å². The molecule has 0 spiro atoms. The Morgan fingerprint density at radius 1 is 1.53 bits per heavy atom. The van der Waals surface area contributed by atoms with Crippen molar-refractivity contribution in [1.82, 2.24) is 0 Å². The maximum atomic E-state index is 11.6. The van der Waals surface area contributed by atoms with Crippen LogP contribution in [0.15, 0.2) is 9.81 Å². The van der Waals surface area contributed by atoms with Gasteiger partial charge in [-0.3, -0.25) is 4.79 Å². The van der Waals surface area contributed by atoms with Gasteiger partial charge in [0, 0.05) is 11.0 Å². The molecule has 1 aliphatic heterocycles. The summed E-state index contributed by atoms with van der Waals surface area (Å²) in [5.74, 6) is 0.238. The highest BCUT2D eigenvalue weighted by Crippen LogP contribution is 2.43. The Bertz CT molecular complexity index is 310. The number of ketones is 1. The summed E-state index contributed by atoms with van der Waals surface area (Å²) >= 11 is 3.14. The largest absolute Gasteiger partial charge is 0.462 e. The van der Waals surface area contributed by atoms with Crippen LogP contribution < -0.4 is 0 Å². The zero-order chi connectivity index (χ0) is 11.4. The van der Waals surface area contributed by atoms with Crippen LogP contribution in [0.1, 0.15) is 20.8 Å². The van der Waals surface area contributed by atoms with Crippen molar-refractivity contribution in [2.24, 2.45) is 0 Å².